The van der Waals surface area contributed by atoms with E-state index in [1.807, 2.05) is 24.3 Å². The topological polar surface area (TPSA) is 67.8 Å². The molecule has 0 radical (unpaired) electrons. The Kier molecular flexibility index (Phi) is 4.76. The summed E-state index contributed by atoms with van der Waals surface area (Å²) in [5, 5.41) is 11.8. The Balaban J connectivity index is 1.91. The third-order valence-corrected chi connectivity index (χ3v) is 3.13. The molecule has 5 heteroatoms. The molecule has 19 heavy (non-hydrogen) atoms. The minimum absolute atomic E-state index is 0.0139. The summed E-state index contributed by atoms with van der Waals surface area (Å²) in [6.07, 6.45) is 0.565. The van der Waals surface area contributed by atoms with Crippen molar-refractivity contribution in [1.82, 2.24) is 5.32 Å². The maximum absolute atomic E-state index is 12.1. The number of hydrogen-bond acceptors (Lipinski definition) is 4. The lowest BCUT2D eigenvalue weighted by molar-refractivity contribution is -0.128. The molecule has 0 fully saturated rings. The lowest BCUT2D eigenvalue weighted by Crippen LogP contribution is -2.45. The van der Waals surface area contributed by atoms with E-state index in [0.717, 1.165) is 11.3 Å². The van der Waals surface area contributed by atoms with Gasteiger partial charge in [0.2, 0.25) is 0 Å². The number of para-hydroxylation sites is 1. The zero-order chi connectivity index (χ0) is 13.7. The van der Waals surface area contributed by atoms with Gasteiger partial charge in [-0.05, 0) is 18.1 Å². The van der Waals surface area contributed by atoms with Crippen molar-refractivity contribution < 1.29 is 19.4 Å². The minimum Gasteiger partial charge on any atom is -0.480 e. The Bertz CT molecular complexity index is 404. The normalized spacial score (nSPS) is 18.5. The van der Waals surface area contributed by atoms with E-state index in [-0.39, 0.29) is 18.6 Å². The van der Waals surface area contributed by atoms with Gasteiger partial charge in [0.25, 0.3) is 5.91 Å². The van der Waals surface area contributed by atoms with Crippen LogP contribution in [0.3, 0.4) is 0 Å². The number of fused-ring (bicyclic) bond motifs is 1. The lowest BCUT2D eigenvalue weighted by atomic mass is 10.1. The smallest absolute Gasteiger partial charge is 0.261 e. The van der Waals surface area contributed by atoms with Gasteiger partial charge in [0.15, 0.2) is 6.10 Å². The monoisotopic (exact) mass is 265 g/mol. The van der Waals surface area contributed by atoms with Gasteiger partial charge in [0.1, 0.15) is 5.75 Å². The Morgan fingerprint density at radius 3 is 3.05 bits per heavy atom. The molecule has 2 N–H and O–H groups in total. The molecule has 1 amide bonds. The molecule has 1 heterocycles. The van der Waals surface area contributed by atoms with Gasteiger partial charge in [-0.2, -0.15) is 0 Å². The molecule has 0 saturated carbocycles. The number of benzene rings is 1. The Morgan fingerprint density at radius 2 is 2.37 bits per heavy atom. The Hall–Kier alpha value is -1.59. The number of carbonyl (C=O) groups excluding carboxylic acids is 1. The molecule has 1 aliphatic rings. The number of ether oxygens (including phenoxy) is 2. The van der Waals surface area contributed by atoms with Crippen LogP contribution >= 0.6 is 0 Å². The molecule has 0 spiro atoms. The molecule has 2 rings (SSSR count). The van der Waals surface area contributed by atoms with Crippen molar-refractivity contribution in [2.45, 2.75) is 25.0 Å². The van der Waals surface area contributed by atoms with Crippen molar-refractivity contribution >= 4 is 5.91 Å². The summed E-state index contributed by atoms with van der Waals surface area (Å²) in [5.41, 5.74) is 1.05. The van der Waals surface area contributed by atoms with E-state index in [1.54, 1.807) is 7.11 Å². The van der Waals surface area contributed by atoms with Crippen molar-refractivity contribution in [3.63, 3.8) is 0 Å². The number of aliphatic hydroxyl groups excluding tert-OH is 1. The van der Waals surface area contributed by atoms with Gasteiger partial charge in [-0.15, -0.1) is 0 Å². The van der Waals surface area contributed by atoms with Crippen LogP contribution in [0.15, 0.2) is 24.3 Å². The Morgan fingerprint density at radius 1 is 1.58 bits per heavy atom. The standard InChI is InChI=1S/C14H19NO4/c1-18-9-11(6-7-16)15-14(17)13-8-10-4-2-3-5-12(10)19-13/h2-5,11,13,16H,6-9H2,1H3,(H,15,17). The van der Waals surface area contributed by atoms with Gasteiger partial charge in [-0.25, -0.2) is 0 Å². The van der Waals surface area contributed by atoms with Crippen LogP contribution < -0.4 is 10.1 Å². The van der Waals surface area contributed by atoms with Crippen LogP contribution in [0.5, 0.6) is 5.75 Å². The number of nitrogens with one attached hydrogen (secondary N) is 1. The maximum Gasteiger partial charge on any atom is 0.261 e. The molecule has 1 aliphatic heterocycles. The highest BCUT2D eigenvalue weighted by molar-refractivity contribution is 5.82. The summed E-state index contributed by atoms with van der Waals surface area (Å²) in [4.78, 5) is 12.1. The summed E-state index contributed by atoms with van der Waals surface area (Å²) in [6, 6.07) is 7.46. The fourth-order valence-corrected chi connectivity index (χ4v) is 2.18. The van der Waals surface area contributed by atoms with Crippen LogP contribution in [0, 0.1) is 0 Å². The van der Waals surface area contributed by atoms with Crippen LogP contribution in [-0.2, 0) is 16.0 Å². The third-order valence-electron chi connectivity index (χ3n) is 3.13. The van der Waals surface area contributed by atoms with Crippen LogP contribution in [0.25, 0.3) is 0 Å². The number of hydrogen-bond donors (Lipinski definition) is 2. The lowest BCUT2D eigenvalue weighted by Gasteiger charge is -2.19. The molecule has 5 nitrogen and oxygen atoms in total. The molecule has 1 aromatic rings. The van der Waals surface area contributed by atoms with E-state index in [1.165, 1.54) is 0 Å². The molecule has 0 saturated heterocycles. The zero-order valence-electron chi connectivity index (χ0n) is 11.0. The highest BCUT2D eigenvalue weighted by atomic mass is 16.5. The number of rotatable bonds is 6. The number of amides is 1. The molecule has 0 bridgehead atoms. The van der Waals surface area contributed by atoms with Gasteiger partial charge in [-0.1, -0.05) is 18.2 Å². The second-order valence-electron chi connectivity index (χ2n) is 4.59. The first-order chi connectivity index (χ1) is 9.24. The third kappa shape index (κ3) is 3.45. The number of carbonyl (C=O) groups is 1. The van der Waals surface area contributed by atoms with Gasteiger partial charge >= 0.3 is 0 Å². The van der Waals surface area contributed by atoms with Gasteiger partial charge < -0.3 is 19.9 Å². The fourth-order valence-electron chi connectivity index (χ4n) is 2.18. The first kappa shape index (κ1) is 13.8. The average molecular weight is 265 g/mol. The predicted octanol–water partition coefficient (Wildman–Crippen LogP) is 0.504. The van der Waals surface area contributed by atoms with Gasteiger partial charge in [0, 0.05) is 20.1 Å². The molecular weight excluding hydrogens is 246 g/mol. The van der Waals surface area contributed by atoms with E-state index in [0.29, 0.717) is 19.4 Å². The molecular formula is C14H19NO4. The molecule has 2 unspecified atom stereocenters. The van der Waals surface area contributed by atoms with Crippen LogP contribution in [0.2, 0.25) is 0 Å². The summed E-state index contributed by atoms with van der Waals surface area (Å²) >= 11 is 0. The number of methoxy groups -OCH3 is 1. The van der Waals surface area contributed by atoms with Crippen molar-refractivity contribution in [2.24, 2.45) is 0 Å². The zero-order valence-corrected chi connectivity index (χ0v) is 11.0. The summed E-state index contributed by atoms with van der Waals surface area (Å²) in [7, 11) is 1.57. The van der Waals surface area contributed by atoms with E-state index in [4.69, 9.17) is 14.6 Å². The highest BCUT2D eigenvalue weighted by Crippen LogP contribution is 2.28. The van der Waals surface area contributed by atoms with Crippen molar-refractivity contribution in [1.29, 1.82) is 0 Å². The molecule has 0 aromatic heterocycles. The largest absolute Gasteiger partial charge is 0.480 e. The second kappa shape index (κ2) is 6.54. The minimum atomic E-state index is -0.490. The van der Waals surface area contributed by atoms with E-state index < -0.39 is 6.10 Å². The summed E-state index contributed by atoms with van der Waals surface area (Å²) < 4.78 is 10.6. The van der Waals surface area contributed by atoms with Gasteiger partial charge in [-0.3, -0.25) is 4.79 Å². The number of aliphatic hydroxyl groups is 1. The van der Waals surface area contributed by atoms with Crippen molar-refractivity contribution in [2.75, 3.05) is 20.3 Å². The molecule has 2 atom stereocenters. The maximum atomic E-state index is 12.1. The molecule has 104 valence electrons. The van der Waals surface area contributed by atoms with Crippen LogP contribution in [-0.4, -0.2) is 43.5 Å². The van der Waals surface area contributed by atoms with E-state index >= 15 is 0 Å². The molecule has 0 aliphatic carbocycles. The van der Waals surface area contributed by atoms with Crippen molar-refractivity contribution in [3.05, 3.63) is 29.8 Å². The average Bonchev–Trinajstić information content (AvgIpc) is 2.83. The second-order valence-corrected chi connectivity index (χ2v) is 4.59. The van der Waals surface area contributed by atoms with Crippen molar-refractivity contribution in [3.8, 4) is 5.75 Å². The van der Waals surface area contributed by atoms with E-state index in [2.05, 4.69) is 5.32 Å². The first-order valence-electron chi connectivity index (χ1n) is 6.39. The fraction of sp³-hybridized carbons (Fsp3) is 0.500. The Labute approximate surface area is 112 Å². The summed E-state index contributed by atoms with van der Waals surface area (Å²) in [5.74, 6) is 0.611. The predicted molar refractivity (Wildman–Crippen MR) is 70.1 cm³/mol. The summed E-state index contributed by atoms with van der Waals surface area (Å²) in [6.45, 7) is 0.395. The van der Waals surface area contributed by atoms with Crippen LogP contribution in [0.1, 0.15) is 12.0 Å². The van der Waals surface area contributed by atoms with E-state index in [9.17, 15) is 4.79 Å². The first-order valence-corrected chi connectivity index (χ1v) is 6.39. The SMILES string of the molecule is COCC(CCO)NC(=O)C1Cc2ccccc2O1. The van der Waals surface area contributed by atoms with Crippen LogP contribution in [0.4, 0.5) is 0 Å². The molecule has 1 aromatic carbocycles. The highest BCUT2D eigenvalue weighted by Gasteiger charge is 2.29. The quantitative estimate of drug-likeness (QED) is 0.786. The van der Waals surface area contributed by atoms with Gasteiger partial charge in [0.05, 0.1) is 12.6 Å².